The number of para-hydroxylation sites is 1. The summed E-state index contributed by atoms with van der Waals surface area (Å²) in [7, 11) is -3.88. The fourth-order valence-electron chi connectivity index (χ4n) is 1.80. The van der Waals surface area contributed by atoms with Gasteiger partial charge in [0.1, 0.15) is 4.90 Å². The van der Waals surface area contributed by atoms with Crippen LogP contribution in [0.25, 0.3) is 0 Å². The van der Waals surface area contributed by atoms with Crippen LogP contribution in [0.4, 0.5) is 0 Å². The first-order chi connectivity index (χ1) is 9.70. The minimum atomic E-state index is -3.88. The molecule has 3 nitrogen and oxygen atoms in total. The molecule has 21 heavy (non-hydrogen) atoms. The van der Waals surface area contributed by atoms with Crippen molar-refractivity contribution in [1.82, 2.24) is 0 Å². The van der Waals surface area contributed by atoms with Crippen molar-refractivity contribution in [3.05, 3.63) is 59.1 Å². The summed E-state index contributed by atoms with van der Waals surface area (Å²) in [6, 6.07) is 13.2. The lowest BCUT2D eigenvalue weighted by Crippen LogP contribution is -2.13. The Kier molecular flexibility index (Phi) is 4.30. The minimum Gasteiger partial charge on any atom is -0.377 e. The van der Waals surface area contributed by atoms with E-state index in [0.717, 1.165) is 5.56 Å². The largest absolute Gasteiger partial charge is 0.377 e. The molecule has 5 heteroatoms. The highest BCUT2D eigenvalue weighted by Crippen LogP contribution is 2.28. The molecule has 2 aromatic rings. The van der Waals surface area contributed by atoms with Crippen molar-refractivity contribution in [2.75, 3.05) is 0 Å². The summed E-state index contributed by atoms with van der Waals surface area (Å²) >= 11 is 5.91. The summed E-state index contributed by atoms with van der Waals surface area (Å²) in [6.07, 6.45) is 0. The zero-order chi connectivity index (χ0) is 15.7. The lowest BCUT2D eigenvalue weighted by molar-refractivity contribution is 0.486. The molecule has 0 heterocycles. The average Bonchev–Trinajstić information content (AvgIpc) is 2.40. The first kappa shape index (κ1) is 15.9. The van der Waals surface area contributed by atoms with Crippen LogP contribution in [0.15, 0.2) is 53.4 Å². The predicted octanol–water partition coefficient (Wildman–Crippen LogP) is 4.41. The van der Waals surface area contributed by atoms with Gasteiger partial charge in [0.05, 0.1) is 5.02 Å². The second-order valence-electron chi connectivity index (χ2n) is 5.74. The molecule has 0 bridgehead atoms. The van der Waals surface area contributed by atoms with Crippen molar-refractivity contribution in [2.45, 2.75) is 31.1 Å². The topological polar surface area (TPSA) is 43.4 Å². The van der Waals surface area contributed by atoms with Crippen LogP contribution in [0.3, 0.4) is 0 Å². The normalized spacial score (nSPS) is 12.2. The summed E-state index contributed by atoms with van der Waals surface area (Å²) < 4.78 is 29.6. The maximum atomic E-state index is 12.2. The van der Waals surface area contributed by atoms with Gasteiger partial charge in [0.2, 0.25) is 0 Å². The first-order valence-electron chi connectivity index (χ1n) is 6.50. The van der Waals surface area contributed by atoms with Gasteiger partial charge in [-0.25, -0.2) is 0 Å². The third-order valence-electron chi connectivity index (χ3n) is 3.05. The van der Waals surface area contributed by atoms with Gasteiger partial charge in [-0.1, -0.05) is 56.6 Å². The van der Waals surface area contributed by atoms with Gasteiger partial charge in [-0.3, -0.25) is 0 Å². The van der Waals surface area contributed by atoms with E-state index in [2.05, 4.69) is 20.8 Å². The zero-order valence-corrected chi connectivity index (χ0v) is 13.7. The fraction of sp³-hybridized carbons (Fsp3) is 0.250. The van der Waals surface area contributed by atoms with Crippen LogP contribution in [0.2, 0.25) is 5.02 Å². The third-order valence-corrected chi connectivity index (χ3v) is 4.61. The van der Waals surface area contributed by atoms with Gasteiger partial charge in [0.15, 0.2) is 5.75 Å². The van der Waals surface area contributed by atoms with E-state index in [4.69, 9.17) is 15.8 Å². The van der Waals surface area contributed by atoms with Crippen molar-refractivity contribution in [3.8, 4) is 5.75 Å². The molecule has 0 amide bonds. The highest BCUT2D eigenvalue weighted by atomic mass is 35.5. The Labute approximate surface area is 130 Å². The molecule has 0 atom stereocenters. The Bertz CT molecular complexity index is 729. The Hall–Kier alpha value is -1.52. The second-order valence-corrected chi connectivity index (χ2v) is 7.70. The molecule has 0 saturated carbocycles. The Balaban J connectivity index is 2.30. The number of hydrogen-bond acceptors (Lipinski definition) is 3. The number of hydrogen-bond donors (Lipinski definition) is 0. The molecule has 0 spiro atoms. The average molecular weight is 325 g/mol. The molecule has 0 N–H and O–H groups in total. The van der Waals surface area contributed by atoms with Gasteiger partial charge in [-0.15, -0.1) is 0 Å². The van der Waals surface area contributed by atoms with Crippen LogP contribution in [0.1, 0.15) is 26.3 Å². The number of halogens is 1. The third kappa shape index (κ3) is 3.77. The Morgan fingerprint density at radius 2 is 1.52 bits per heavy atom. The van der Waals surface area contributed by atoms with Gasteiger partial charge in [-0.2, -0.15) is 8.42 Å². The first-order valence-corrected chi connectivity index (χ1v) is 8.28. The highest BCUT2D eigenvalue weighted by Gasteiger charge is 2.20. The molecule has 0 aromatic heterocycles. The van der Waals surface area contributed by atoms with Crippen LogP contribution in [0, 0.1) is 0 Å². The molecule has 0 unspecified atom stereocenters. The van der Waals surface area contributed by atoms with Crippen molar-refractivity contribution in [2.24, 2.45) is 0 Å². The van der Waals surface area contributed by atoms with Gasteiger partial charge < -0.3 is 4.18 Å². The van der Waals surface area contributed by atoms with Crippen LogP contribution in [-0.4, -0.2) is 8.42 Å². The van der Waals surface area contributed by atoms with E-state index in [1.807, 2.05) is 0 Å². The van der Waals surface area contributed by atoms with E-state index in [0.29, 0.717) is 0 Å². The molecule has 0 saturated heterocycles. The summed E-state index contributed by atoms with van der Waals surface area (Å²) in [4.78, 5) is 0.107. The van der Waals surface area contributed by atoms with E-state index in [1.165, 1.54) is 6.07 Å². The van der Waals surface area contributed by atoms with E-state index >= 15 is 0 Å². The van der Waals surface area contributed by atoms with E-state index < -0.39 is 10.1 Å². The van der Waals surface area contributed by atoms with Crippen molar-refractivity contribution in [1.29, 1.82) is 0 Å². The lowest BCUT2D eigenvalue weighted by Gasteiger charge is -2.19. The van der Waals surface area contributed by atoms with Crippen molar-refractivity contribution >= 4 is 21.7 Å². The van der Waals surface area contributed by atoms with Gasteiger partial charge in [0.25, 0.3) is 0 Å². The SMILES string of the molecule is CC(C)(C)c1ccc(S(=O)(=O)Oc2ccccc2Cl)cc1. The second kappa shape index (κ2) is 5.70. The number of rotatable bonds is 3. The fourth-order valence-corrected chi connectivity index (χ4v) is 2.97. The summed E-state index contributed by atoms with van der Waals surface area (Å²) in [5.74, 6) is 0.124. The molecule has 2 aromatic carbocycles. The Morgan fingerprint density at radius 1 is 0.952 bits per heavy atom. The molecule has 0 radical (unpaired) electrons. The smallest absolute Gasteiger partial charge is 0.339 e. The van der Waals surface area contributed by atoms with Crippen molar-refractivity contribution in [3.63, 3.8) is 0 Å². The molecule has 0 fully saturated rings. The molecule has 0 aliphatic rings. The monoisotopic (exact) mass is 324 g/mol. The lowest BCUT2D eigenvalue weighted by atomic mass is 9.87. The zero-order valence-electron chi connectivity index (χ0n) is 12.1. The van der Waals surface area contributed by atoms with E-state index in [1.54, 1.807) is 42.5 Å². The summed E-state index contributed by atoms with van der Waals surface area (Å²) in [5, 5.41) is 0.257. The number of benzene rings is 2. The molecule has 2 rings (SSSR count). The molecule has 0 aliphatic carbocycles. The van der Waals surface area contributed by atoms with Crippen LogP contribution in [0.5, 0.6) is 5.75 Å². The van der Waals surface area contributed by atoms with E-state index in [9.17, 15) is 8.42 Å². The summed E-state index contributed by atoms with van der Waals surface area (Å²) in [5.41, 5.74) is 1.02. The standard InChI is InChI=1S/C16H17ClO3S/c1-16(2,3)12-8-10-13(11-9-12)21(18,19)20-15-7-5-4-6-14(15)17/h4-11H,1-3H3. The van der Waals surface area contributed by atoms with Crippen LogP contribution >= 0.6 is 11.6 Å². The van der Waals surface area contributed by atoms with Crippen LogP contribution < -0.4 is 4.18 Å². The maximum absolute atomic E-state index is 12.2. The van der Waals surface area contributed by atoms with Crippen LogP contribution in [-0.2, 0) is 15.5 Å². The predicted molar refractivity (Wildman–Crippen MR) is 84.4 cm³/mol. The van der Waals surface area contributed by atoms with Gasteiger partial charge in [-0.05, 0) is 35.2 Å². The molecule has 112 valence electrons. The molecular formula is C16H17ClO3S. The van der Waals surface area contributed by atoms with Gasteiger partial charge in [0, 0.05) is 0 Å². The Morgan fingerprint density at radius 3 is 2.05 bits per heavy atom. The maximum Gasteiger partial charge on any atom is 0.339 e. The molecular weight excluding hydrogens is 308 g/mol. The minimum absolute atomic E-state index is 0.0358. The van der Waals surface area contributed by atoms with Gasteiger partial charge >= 0.3 is 10.1 Å². The highest BCUT2D eigenvalue weighted by molar-refractivity contribution is 7.87. The molecule has 0 aliphatic heterocycles. The van der Waals surface area contributed by atoms with Crippen molar-refractivity contribution < 1.29 is 12.6 Å². The summed E-state index contributed by atoms with van der Waals surface area (Å²) in [6.45, 7) is 6.20. The quantitative estimate of drug-likeness (QED) is 0.786. The van der Waals surface area contributed by atoms with E-state index in [-0.39, 0.29) is 21.1 Å².